The molecule has 0 aliphatic heterocycles. The van der Waals surface area contributed by atoms with Crippen LogP contribution in [0.15, 0.2) is 42.0 Å². The molecule has 0 spiro atoms. The van der Waals surface area contributed by atoms with Crippen LogP contribution in [0.25, 0.3) is 0 Å². The first-order valence-electron chi connectivity index (χ1n) is 10.2. The minimum atomic E-state index is -0.249. The fourth-order valence-corrected chi connectivity index (χ4v) is 6.89. The van der Waals surface area contributed by atoms with Crippen LogP contribution in [0, 0.1) is 29.6 Å². The molecule has 0 heterocycles. The predicted molar refractivity (Wildman–Crippen MR) is 97.7 cm³/mol. The number of aliphatic hydroxyl groups excluding tert-OH is 1. The third-order valence-electron chi connectivity index (χ3n) is 7.96. The Morgan fingerprint density at radius 3 is 2.42 bits per heavy atom. The van der Waals surface area contributed by atoms with Crippen LogP contribution < -0.4 is 0 Å². The average molecular weight is 322 g/mol. The first-order chi connectivity index (χ1) is 11.8. The van der Waals surface area contributed by atoms with Gasteiger partial charge < -0.3 is 5.11 Å². The highest BCUT2D eigenvalue weighted by molar-refractivity contribution is 5.29. The van der Waals surface area contributed by atoms with Gasteiger partial charge in [-0.1, -0.05) is 36.4 Å². The summed E-state index contributed by atoms with van der Waals surface area (Å²) in [6.45, 7) is 0. The quantitative estimate of drug-likeness (QED) is 0.731. The molecule has 128 valence electrons. The molecular formula is C23H30O. The van der Waals surface area contributed by atoms with Crippen molar-refractivity contribution in [3.05, 3.63) is 47.5 Å². The minimum absolute atomic E-state index is 0.249. The zero-order valence-corrected chi connectivity index (χ0v) is 14.6. The summed E-state index contributed by atoms with van der Waals surface area (Å²) in [5, 5.41) is 11.1. The van der Waals surface area contributed by atoms with Crippen LogP contribution in [0.5, 0.6) is 0 Å². The zero-order chi connectivity index (χ0) is 16.1. The molecular weight excluding hydrogens is 292 g/mol. The minimum Gasteiger partial charge on any atom is -0.388 e. The van der Waals surface area contributed by atoms with Gasteiger partial charge in [-0.25, -0.2) is 0 Å². The first-order valence-corrected chi connectivity index (χ1v) is 10.2. The molecule has 0 radical (unpaired) electrons. The van der Waals surface area contributed by atoms with E-state index in [2.05, 4.69) is 36.4 Å². The maximum atomic E-state index is 11.1. The van der Waals surface area contributed by atoms with Crippen molar-refractivity contribution in [1.82, 2.24) is 0 Å². The van der Waals surface area contributed by atoms with Crippen LogP contribution >= 0.6 is 0 Å². The molecule has 0 amide bonds. The van der Waals surface area contributed by atoms with Gasteiger partial charge in [-0.05, 0) is 92.1 Å². The molecule has 1 nitrogen and oxygen atoms in total. The van der Waals surface area contributed by atoms with Gasteiger partial charge in [-0.15, -0.1) is 0 Å². The van der Waals surface area contributed by atoms with E-state index in [-0.39, 0.29) is 6.10 Å². The Bertz CT molecular complexity index is 618. The third kappa shape index (κ3) is 2.39. The highest BCUT2D eigenvalue weighted by Gasteiger charge is 2.50. The molecule has 1 heteroatoms. The summed E-state index contributed by atoms with van der Waals surface area (Å²) < 4.78 is 0. The summed E-state index contributed by atoms with van der Waals surface area (Å²) in [6, 6.07) is 10.7. The van der Waals surface area contributed by atoms with Gasteiger partial charge in [-0.3, -0.25) is 0 Å². The Labute approximate surface area is 146 Å². The first kappa shape index (κ1) is 15.2. The van der Waals surface area contributed by atoms with Crippen molar-refractivity contribution in [1.29, 1.82) is 0 Å². The van der Waals surface area contributed by atoms with E-state index in [0.717, 1.165) is 36.5 Å². The van der Waals surface area contributed by atoms with Crippen LogP contribution in [0.4, 0.5) is 0 Å². The van der Waals surface area contributed by atoms with Gasteiger partial charge in [-0.2, -0.15) is 0 Å². The Morgan fingerprint density at radius 2 is 1.58 bits per heavy atom. The van der Waals surface area contributed by atoms with Crippen LogP contribution in [-0.4, -0.2) is 11.2 Å². The van der Waals surface area contributed by atoms with Gasteiger partial charge >= 0.3 is 0 Å². The molecule has 2 bridgehead atoms. The van der Waals surface area contributed by atoms with E-state index in [1.165, 1.54) is 49.7 Å². The van der Waals surface area contributed by atoms with Crippen molar-refractivity contribution < 1.29 is 5.11 Å². The molecule has 3 fully saturated rings. The Hall–Kier alpha value is -1.08. The number of hydrogen-bond acceptors (Lipinski definition) is 1. The summed E-state index contributed by atoms with van der Waals surface area (Å²) in [5.74, 6) is 5.06. The average Bonchev–Trinajstić information content (AvgIpc) is 3.25. The molecule has 1 aromatic rings. The van der Waals surface area contributed by atoms with Gasteiger partial charge in [0.2, 0.25) is 0 Å². The lowest BCUT2D eigenvalue weighted by molar-refractivity contribution is 0.102. The van der Waals surface area contributed by atoms with E-state index in [4.69, 9.17) is 0 Å². The second-order valence-electron chi connectivity index (χ2n) is 8.91. The predicted octanol–water partition coefficient (Wildman–Crippen LogP) is 5.31. The molecule has 24 heavy (non-hydrogen) atoms. The molecule has 0 aromatic heterocycles. The van der Waals surface area contributed by atoms with E-state index in [9.17, 15) is 5.11 Å². The fourth-order valence-electron chi connectivity index (χ4n) is 6.89. The van der Waals surface area contributed by atoms with Crippen molar-refractivity contribution >= 4 is 0 Å². The highest BCUT2D eigenvalue weighted by Crippen LogP contribution is 2.59. The molecule has 4 aliphatic rings. The van der Waals surface area contributed by atoms with Crippen molar-refractivity contribution in [2.45, 2.75) is 63.4 Å². The SMILES string of the molecule is OC1C(C2CCC3C4CCC(C4)C3C2)=CCCC1c1ccccc1. The molecule has 3 saturated carbocycles. The Balaban J connectivity index is 1.34. The number of allylic oxidation sites excluding steroid dienone is 1. The maximum absolute atomic E-state index is 11.1. The van der Waals surface area contributed by atoms with Crippen LogP contribution in [0.1, 0.15) is 62.8 Å². The number of aliphatic hydroxyl groups is 1. The van der Waals surface area contributed by atoms with Gasteiger partial charge in [0, 0.05) is 5.92 Å². The highest BCUT2D eigenvalue weighted by atomic mass is 16.3. The Kier molecular flexibility index (Phi) is 3.81. The van der Waals surface area contributed by atoms with Gasteiger partial charge in [0.05, 0.1) is 6.10 Å². The number of fused-ring (bicyclic) bond motifs is 5. The molecule has 1 N–H and O–H groups in total. The van der Waals surface area contributed by atoms with E-state index >= 15 is 0 Å². The van der Waals surface area contributed by atoms with Crippen LogP contribution in [0.3, 0.4) is 0 Å². The topological polar surface area (TPSA) is 20.2 Å². The second kappa shape index (κ2) is 6.02. The van der Waals surface area contributed by atoms with Gasteiger partial charge in [0.25, 0.3) is 0 Å². The molecule has 7 unspecified atom stereocenters. The van der Waals surface area contributed by atoms with E-state index < -0.39 is 0 Å². The summed E-state index contributed by atoms with van der Waals surface area (Å²) in [4.78, 5) is 0. The number of rotatable bonds is 2. The molecule has 5 rings (SSSR count). The van der Waals surface area contributed by atoms with E-state index in [1.807, 2.05) is 0 Å². The van der Waals surface area contributed by atoms with Crippen molar-refractivity contribution in [2.24, 2.45) is 29.6 Å². The van der Waals surface area contributed by atoms with Gasteiger partial charge in [0.15, 0.2) is 0 Å². The molecule has 7 atom stereocenters. The molecule has 4 aliphatic carbocycles. The standard InChI is InChI=1S/C23H30O/c24-23-20(15-5-2-1-3-6-15)7-4-8-21(23)18-11-12-19-16-9-10-17(13-16)22(19)14-18/h1-3,5-6,8,16-20,22-24H,4,7,9-14H2. The lowest BCUT2D eigenvalue weighted by Gasteiger charge is -2.42. The van der Waals surface area contributed by atoms with Crippen molar-refractivity contribution in [3.8, 4) is 0 Å². The normalized spacial score (nSPS) is 44.2. The largest absolute Gasteiger partial charge is 0.388 e. The maximum Gasteiger partial charge on any atom is 0.0821 e. The van der Waals surface area contributed by atoms with Gasteiger partial charge in [0.1, 0.15) is 0 Å². The van der Waals surface area contributed by atoms with Crippen LogP contribution in [0.2, 0.25) is 0 Å². The lowest BCUT2D eigenvalue weighted by atomic mass is 9.64. The number of benzene rings is 1. The molecule has 0 saturated heterocycles. The summed E-state index contributed by atoms with van der Waals surface area (Å²) in [6.07, 6.45) is 13.0. The third-order valence-corrected chi connectivity index (χ3v) is 7.96. The summed E-state index contributed by atoms with van der Waals surface area (Å²) >= 11 is 0. The van der Waals surface area contributed by atoms with E-state index in [0.29, 0.717) is 11.8 Å². The second-order valence-corrected chi connectivity index (χ2v) is 8.91. The van der Waals surface area contributed by atoms with E-state index in [1.54, 1.807) is 0 Å². The number of hydrogen-bond donors (Lipinski definition) is 1. The lowest BCUT2D eigenvalue weighted by Crippen LogP contribution is -2.35. The summed E-state index contributed by atoms with van der Waals surface area (Å²) in [5.41, 5.74) is 2.72. The smallest absolute Gasteiger partial charge is 0.0821 e. The monoisotopic (exact) mass is 322 g/mol. The summed E-state index contributed by atoms with van der Waals surface area (Å²) in [7, 11) is 0. The zero-order valence-electron chi connectivity index (χ0n) is 14.6. The Morgan fingerprint density at radius 1 is 0.792 bits per heavy atom. The molecule has 1 aromatic carbocycles. The van der Waals surface area contributed by atoms with Crippen LogP contribution in [-0.2, 0) is 0 Å². The van der Waals surface area contributed by atoms with Crippen molar-refractivity contribution in [3.63, 3.8) is 0 Å². The van der Waals surface area contributed by atoms with Crippen molar-refractivity contribution in [2.75, 3.05) is 0 Å². The fraction of sp³-hybridized carbons (Fsp3) is 0.652.